The van der Waals surface area contributed by atoms with Crippen LogP contribution in [0.15, 0.2) is 0 Å². The van der Waals surface area contributed by atoms with Gasteiger partial charge in [0.15, 0.2) is 0 Å². The Morgan fingerprint density at radius 1 is 0.933 bits per heavy atom. The van der Waals surface area contributed by atoms with E-state index in [1.165, 1.54) is 12.8 Å². The second kappa shape index (κ2) is 9.37. The van der Waals surface area contributed by atoms with E-state index in [9.17, 15) is 0 Å². The predicted molar refractivity (Wildman–Crippen MR) is 68.4 cm³/mol. The van der Waals surface area contributed by atoms with Crippen LogP contribution in [0.4, 0.5) is 0 Å². The molecule has 2 nitrogen and oxygen atoms in total. The Labute approximate surface area is 97.2 Å². The van der Waals surface area contributed by atoms with Crippen LogP contribution in [-0.4, -0.2) is 22.5 Å². The van der Waals surface area contributed by atoms with Gasteiger partial charge in [0.1, 0.15) is 0 Å². The van der Waals surface area contributed by atoms with Gasteiger partial charge in [0.25, 0.3) is 0 Å². The van der Waals surface area contributed by atoms with E-state index in [2.05, 4.69) is 34.6 Å². The van der Waals surface area contributed by atoms with Crippen LogP contribution in [0.5, 0.6) is 0 Å². The summed E-state index contributed by atoms with van der Waals surface area (Å²) in [6.07, 6.45) is 2.48. The number of hydrogen-bond donors (Lipinski definition) is 0. The molecule has 0 aliphatic heterocycles. The molecular formula is C12H28O2Si. The predicted octanol–water partition coefficient (Wildman–Crippen LogP) is 3.35. The summed E-state index contributed by atoms with van der Waals surface area (Å²) in [5.41, 5.74) is 0. The Kier molecular flexibility index (Phi) is 9.45. The standard InChI is InChI=1S/C12H28O2Si/c1-6-7-8-15(13-9-11(2)3)14-10-12(4)5/h11-12,15H,6-10H2,1-5H3. The van der Waals surface area contributed by atoms with Gasteiger partial charge >= 0.3 is 9.28 Å². The van der Waals surface area contributed by atoms with E-state index >= 15 is 0 Å². The van der Waals surface area contributed by atoms with Crippen molar-refractivity contribution in [1.82, 2.24) is 0 Å². The van der Waals surface area contributed by atoms with Crippen molar-refractivity contribution in [3.63, 3.8) is 0 Å². The summed E-state index contributed by atoms with van der Waals surface area (Å²) in [7, 11) is -1.36. The van der Waals surface area contributed by atoms with Gasteiger partial charge in [-0.25, -0.2) is 0 Å². The van der Waals surface area contributed by atoms with E-state index in [1.807, 2.05) is 0 Å². The number of unbranched alkanes of at least 4 members (excludes halogenated alkanes) is 1. The summed E-state index contributed by atoms with van der Waals surface area (Å²) >= 11 is 0. The molecule has 0 saturated carbocycles. The van der Waals surface area contributed by atoms with Crippen LogP contribution in [0.2, 0.25) is 6.04 Å². The van der Waals surface area contributed by atoms with Crippen LogP contribution in [0.25, 0.3) is 0 Å². The van der Waals surface area contributed by atoms with Crippen molar-refractivity contribution in [3.8, 4) is 0 Å². The molecule has 0 aromatic heterocycles. The minimum atomic E-state index is -1.36. The zero-order valence-electron chi connectivity index (χ0n) is 11.1. The van der Waals surface area contributed by atoms with Crippen LogP contribution in [0.3, 0.4) is 0 Å². The number of rotatable bonds is 9. The molecule has 0 aliphatic rings. The quantitative estimate of drug-likeness (QED) is 0.568. The Hall–Kier alpha value is 0.137. The summed E-state index contributed by atoms with van der Waals surface area (Å²) in [6, 6.07) is 1.16. The third-order valence-electron chi connectivity index (χ3n) is 2.02. The zero-order chi connectivity index (χ0) is 11.7. The first-order valence-electron chi connectivity index (χ1n) is 6.29. The lowest BCUT2D eigenvalue weighted by Gasteiger charge is -2.19. The van der Waals surface area contributed by atoms with E-state index in [0.29, 0.717) is 11.8 Å². The van der Waals surface area contributed by atoms with Crippen molar-refractivity contribution in [3.05, 3.63) is 0 Å². The highest BCUT2D eigenvalue weighted by Crippen LogP contribution is 2.08. The van der Waals surface area contributed by atoms with E-state index < -0.39 is 9.28 Å². The Morgan fingerprint density at radius 2 is 1.40 bits per heavy atom. The first kappa shape index (κ1) is 15.1. The second-order valence-electron chi connectivity index (χ2n) is 5.03. The fourth-order valence-corrected chi connectivity index (χ4v) is 3.56. The Balaban J connectivity index is 3.73. The third kappa shape index (κ3) is 10.4. The van der Waals surface area contributed by atoms with Gasteiger partial charge in [-0.2, -0.15) is 0 Å². The van der Waals surface area contributed by atoms with Crippen molar-refractivity contribution in [2.45, 2.75) is 53.5 Å². The molecule has 0 spiro atoms. The molecule has 0 aromatic rings. The molecule has 0 rings (SSSR count). The van der Waals surface area contributed by atoms with Gasteiger partial charge in [-0.1, -0.05) is 47.5 Å². The van der Waals surface area contributed by atoms with Gasteiger partial charge in [-0.3, -0.25) is 0 Å². The maximum atomic E-state index is 5.87. The Bertz CT molecular complexity index is 126. The van der Waals surface area contributed by atoms with Crippen LogP contribution in [0.1, 0.15) is 47.5 Å². The van der Waals surface area contributed by atoms with Gasteiger partial charge in [0, 0.05) is 13.2 Å². The van der Waals surface area contributed by atoms with Crippen LogP contribution < -0.4 is 0 Å². The fourth-order valence-electron chi connectivity index (χ4n) is 1.19. The molecule has 0 atom stereocenters. The van der Waals surface area contributed by atoms with E-state index in [1.54, 1.807) is 0 Å². The molecule has 0 saturated heterocycles. The molecule has 0 radical (unpaired) electrons. The van der Waals surface area contributed by atoms with Crippen molar-refractivity contribution in [2.75, 3.05) is 13.2 Å². The fraction of sp³-hybridized carbons (Fsp3) is 1.00. The van der Waals surface area contributed by atoms with Crippen LogP contribution >= 0.6 is 0 Å². The summed E-state index contributed by atoms with van der Waals surface area (Å²) in [5, 5.41) is 0. The lowest BCUT2D eigenvalue weighted by Crippen LogP contribution is -2.26. The lowest BCUT2D eigenvalue weighted by atomic mass is 10.2. The maximum Gasteiger partial charge on any atom is 0.321 e. The molecule has 0 fully saturated rings. The van der Waals surface area contributed by atoms with Crippen molar-refractivity contribution in [2.24, 2.45) is 11.8 Å². The minimum absolute atomic E-state index is 0.615. The van der Waals surface area contributed by atoms with Gasteiger partial charge in [-0.15, -0.1) is 0 Å². The zero-order valence-corrected chi connectivity index (χ0v) is 12.2. The smallest absolute Gasteiger partial charge is 0.321 e. The van der Waals surface area contributed by atoms with Gasteiger partial charge < -0.3 is 8.85 Å². The second-order valence-corrected chi connectivity index (χ2v) is 7.13. The van der Waals surface area contributed by atoms with E-state index in [-0.39, 0.29) is 0 Å². The molecule has 0 unspecified atom stereocenters. The molecule has 15 heavy (non-hydrogen) atoms. The molecular weight excluding hydrogens is 204 g/mol. The van der Waals surface area contributed by atoms with Crippen molar-refractivity contribution >= 4 is 9.28 Å². The van der Waals surface area contributed by atoms with Gasteiger partial charge in [0.2, 0.25) is 0 Å². The molecule has 0 N–H and O–H groups in total. The van der Waals surface area contributed by atoms with Crippen molar-refractivity contribution < 1.29 is 8.85 Å². The molecule has 92 valence electrons. The lowest BCUT2D eigenvalue weighted by molar-refractivity contribution is 0.162. The molecule has 0 heterocycles. The number of hydrogen-bond acceptors (Lipinski definition) is 2. The van der Waals surface area contributed by atoms with E-state index in [4.69, 9.17) is 8.85 Å². The topological polar surface area (TPSA) is 18.5 Å². The molecule has 3 heteroatoms. The van der Waals surface area contributed by atoms with Crippen LogP contribution in [0, 0.1) is 11.8 Å². The largest absolute Gasteiger partial charge is 0.396 e. The summed E-state index contributed by atoms with van der Waals surface area (Å²) in [5.74, 6) is 1.23. The molecule has 0 amide bonds. The van der Waals surface area contributed by atoms with Crippen LogP contribution in [-0.2, 0) is 8.85 Å². The summed E-state index contributed by atoms with van der Waals surface area (Å²) in [4.78, 5) is 0. The highest BCUT2D eigenvalue weighted by molar-refractivity contribution is 6.44. The summed E-state index contributed by atoms with van der Waals surface area (Å²) < 4.78 is 11.7. The normalized spacial score (nSPS) is 12.0. The first-order chi connectivity index (χ1) is 7.06. The van der Waals surface area contributed by atoms with Crippen molar-refractivity contribution in [1.29, 1.82) is 0 Å². The monoisotopic (exact) mass is 232 g/mol. The SMILES string of the molecule is CCCC[SiH](OCC(C)C)OCC(C)C. The molecule has 0 bridgehead atoms. The maximum absolute atomic E-state index is 5.87. The average molecular weight is 232 g/mol. The van der Waals surface area contributed by atoms with Gasteiger partial charge in [-0.05, 0) is 17.9 Å². The summed E-state index contributed by atoms with van der Waals surface area (Å²) in [6.45, 7) is 12.7. The Morgan fingerprint density at radius 3 is 1.73 bits per heavy atom. The highest BCUT2D eigenvalue weighted by atomic mass is 28.3. The highest BCUT2D eigenvalue weighted by Gasteiger charge is 2.14. The molecule has 0 aromatic carbocycles. The van der Waals surface area contributed by atoms with E-state index in [0.717, 1.165) is 19.3 Å². The average Bonchev–Trinajstić information content (AvgIpc) is 2.16. The minimum Gasteiger partial charge on any atom is -0.396 e. The molecule has 0 aliphatic carbocycles. The first-order valence-corrected chi connectivity index (χ1v) is 8.05. The third-order valence-corrected chi connectivity index (χ3v) is 4.03. The van der Waals surface area contributed by atoms with Gasteiger partial charge in [0.05, 0.1) is 0 Å².